The van der Waals surface area contributed by atoms with E-state index < -0.39 is 17.3 Å². The van der Waals surface area contributed by atoms with Crippen molar-refractivity contribution in [3.8, 4) is 17.0 Å². The summed E-state index contributed by atoms with van der Waals surface area (Å²) in [6.45, 7) is 3.33. The quantitative estimate of drug-likeness (QED) is 0.177. The largest absolute Gasteiger partial charge is 0.488 e. The standard InChI is InChI=1S/C32H26F2N4O5/c1-19(39)29-30(38-12-14-41-15-13-38)24-9-8-22(17-28(24)43-31(29)40)36-32-35-11-10-26(37-32)23-4-2-3-5-27(23)42-18-20-6-7-21(33)16-25(20)34/h2-11,16-17H,12-15,18H2,1H3,(H,35,36,37). The predicted molar refractivity (Wildman–Crippen MR) is 157 cm³/mol. The molecule has 1 N–H and O–H groups in total. The maximum Gasteiger partial charge on any atom is 0.349 e. The fourth-order valence-electron chi connectivity index (χ4n) is 4.98. The minimum atomic E-state index is -0.700. The number of Topliss-reactive ketones (excluding diaryl/α,β-unsaturated/α-hetero) is 1. The fraction of sp³-hybridized carbons (Fsp3) is 0.188. The van der Waals surface area contributed by atoms with E-state index in [1.165, 1.54) is 19.1 Å². The number of hydrogen-bond acceptors (Lipinski definition) is 9. The van der Waals surface area contributed by atoms with Crippen LogP contribution in [0, 0.1) is 11.6 Å². The van der Waals surface area contributed by atoms with Gasteiger partial charge in [-0.25, -0.2) is 23.5 Å². The Kier molecular flexibility index (Phi) is 7.80. The third-order valence-corrected chi connectivity index (χ3v) is 7.03. The molecule has 218 valence electrons. The van der Waals surface area contributed by atoms with Gasteiger partial charge in [0.2, 0.25) is 5.95 Å². The van der Waals surface area contributed by atoms with Crippen LogP contribution in [0.5, 0.6) is 5.75 Å². The number of nitrogens with zero attached hydrogens (tertiary/aromatic N) is 3. The third-order valence-electron chi connectivity index (χ3n) is 7.03. The minimum Gasteiger partial charge on any atom is -0.488 e. The van der Waals surface area contributed by atoms with Crippen LogP contribution in [0.2, 0.25) is 0 Å². The van der Waals surface area contributed by atoms with Gasteiger partial charge in [-0.1, -0.05) is 12.1 Å². The number of ether oxygens (including phenoxy) is 2. The maximum atomic E-state index is 14.1. The summed E-state index contributed by atoms with van der Waals surface area (Å²) >= 11 is 0. The summed E-state index contributed by atoms with van der Waals surface area (Å²) in [6.07, 6.45) is 1.58. The van der Waals surface area contributed by atoms with Gasteiger partial charge in [-0.05, 0) is 49.4 Å². The van der Waals surface area contributed by atoms with Crippen molar-refractivity contribution >= 4 is 34.1 Å². The van der Waals surface area contributed by atoms with E-state index in [2.05, 4.69) is 15.3 Å². The summed E-state index contributed by atoms with van der Waals surface area (Å²) in [5.41, 5.74) is 2.15. The highest BCUT2D eigenvalue weighted by atomic mass is 19.1. The van der Waals surface area contributed by atoms with Crippen molar-refractivity contribution in [3.63, 3.8) is 0 Å². The molecule has 0 aliphatic carbocycles. The highest BCUT2D eigenvalue weighted by Gasteiger charge is 2.24. The van der Waals surface area contributed by atoms with Gasteiger partial charge in [0.05, 0.1) is 24.6 Å². The Hall–Kier alpha value is -5.16. The molecule has 3 heterocycles. The van der Waals surface area contributed by atoms with Crippen molar-refractivity contribution < 1.29 is 27.5 Å². The Balaban J connectivity index is 1.28. The maximum absolute atomic E-state index is 14.1. The molecule has 1 aliphatic heterocycles. The number of carbonyl (C=O) groups is 1. The summed E-state index contributed by atoms with van der Waals surface area (Å²) in [5, 5.41) is 3.78. The fourth-order valence-corrected chi connectivity index (χ4v) is 4.98. The second-order valence-electron chi connectivity index (χ2n) is 9.89. The molecule has 9 nitrogen and oxygen atoms in total. The molecule has 1 aliphatic rings. The van der Waals surface area contributed by atoms with Crippen LogP contribution in [0.4, 0.5) is 26.1 Å². The number of para-hydroxylation sites is 1. The van der Waals surface area contributed by atoms with Gasteiger partial charge in [0, 0.05) is 53.6 Å². The number of carbonyl (C=O) groups excluding carboxylic acids is 1. The number of morpholine rings is 1. The van der Waals surface area contributed by atoms with Crippen LogP contribution in [-0.2, 0) is 11.3 Å². The van der Waals surface area contributed by atoms with Crippen LogP contribution >= 0.6 is 0 Å². The highest BCUT2D eigenvalue weighted by molar-refractivity contribution is 6.07. The van der Waals surface area contributed by atoms with Crippen LogP contribution in [0.25, 0.3) is 22.2 Å². The van der Waals surface area contributed by atoms with Crippen LogP contribution in [0.1, 0.15) is 22.8 Å². The second kappa shape index (κ2) is 12.0. The molecule has 0 saturated carbocycles. The molecular weight excluding hydrogens is 558 g/mol. The zero-order valence-electron chi connectivity index (χ0n) is 23.1. The van der Waals surface area contributed by atoms with Crippen LogP contribution < -0.4 is 20.6 Å². The number of rotatable bonds is 8. The Morgan fingerprint density at radius 3 is 2.65 bits per heavy atom. The first-order valence-electron chi connectivity index (χ1n) is 13.6. The average molecular weight is 585 g/mol. The molecule has 0 radical (unpaired) electrons. The van der Waals surface area contributed by atoms with Crippen molar-refractivity contribution in [2.24, 2.45) is 0 Å². The zero-order chi connectivity index (χ0) is 29.9. The van der Waals surface area contributed by atoms with E-state index in [4.69, 9.17) is 13.9 Å². The van der Waals surface area contributed by atoms with Gasteiger partial charge in [-0.15, -0.1) is 0 Å². The monoisotopic (exact) mass is 584 g/mol. The smallest absolute Gasteiger partial charge is 0.349 e. The van der Waals surface area contributed by atoms with Crippen molar-refractivity contribution in [1.82, 2.24) is 9.97 Å². The summed E-state index contributed by atoms with van der Waals surface area (Å²) in [7, 11) is 0. The Morgan fingerprint density at radius 2 is 1.86 bits per heavy atom. The van der Waals surface area contributed by atoms with E-state index in [1.54, 1.807) is 42.6 Å². The summed E-state index contributed by atoms with van der Waals surface area (Å²) in [4.78, 5) is 36.2. The van der Waals surface area contributed by atoms with E-state index in [1.807, 2.05) is 17.0 Å². The summed E-state index contributed by atoms with van der Waals surface area (Å²) in [5.74, 6) is -0.981. The molecular formula is C32H26F2N4O5. The third kappa shape index (κ3) is 5.93. The number of aromatic nitrogens is 2. The summed E-state index contributed by atoms with van der Waals surface area (Å²) in [6, 6.07) is 17.4. The van der Waals surface area contributed by atoms with E-state index in [0.717, 1.165) is 6.07 Å². The molecule has 1 fully saturated rings. The molecule has 11 heteroatoms. The molecule has 2 aromatic heterocycles. The molecule has 3 aromatic carbocycles. The zero-order valence-corrected chi connectivity index (χ0v) is 23.1. The normalized spacial score (nSPS) is 13.2. The van der Waals surface area contributed by atoms with Crippen molar-refractivity contribution in [3.05, 3.63) is 106 Å². The second-order valence-corrected chi connectivity index (χ2v) is 9.89. The van der Waals surface area contributed by atoms with Crippen molar-refractivity contribution in [1.29, 1.82) is 0 Å². The SMILES string of the molecule is CC(=O)c1c(N2CCOCC2)c2ccc(Nc3nccc(-c4ccccc4OCc4ccc(F)cc4F)n3)cc2oc1=O. The number of ketones is 1. The van der Waals surface area contributed by atoms with Crippen molar-refractivity contribution in [2.75, 3.05) is 36.5 Å². The predicted octanol–water partition coefficient (Wildman–Crippen LogP) is 5.89. The lowest BCUT2D eigenvalue weighted by molar-refractivity contribution is 0.101. The molecule has 5 aromatic rings. The minimum absolute atomic E-state index is 0.0224. The van der Waals surface area contributed by atoms with E-state index in [-0.39, 0.29) is 29.5 Å². The van der Waals surface area contributed by atoms with Crippen LogP contribution in [-0.4, -0.2) is 42.1 Å². The average Bonchev–Trinajstić information content (AvgIpc) is 3.00. The van der Waals surface area contributed by atoms with Crippen LogP contribution in [0.3, 0.4) is 0 Å². The highest BCUT2D eigenvalue weighted by Crippen LogP contribution is 2.33. The molecule has 6 rings (SSSR count). The number of hydrogen-bond donors (Lipinski definition) is 1. The lowest BCUT2D eigenvalue weighted by atomic mass is 10.1. The number of anilines is 3. The molecule has 0 amide bonds. The van der Waals surface area contributed by atoms with E-state index >= 15 is 0 Å². The van der Waals surface area contributed by atoms with E-state index in [0.29, 0.717) is 65.7 Å². The summed E-state index contributed by atoms with van der Waals surface area (Å²) < 4.78 is 44.3. The van der Waals surface area contributed by atoms with Gasteiger partial charge in [0.1, 0.15) is 35.1 Å². The van der Waals surface area contributed by atoms with Gasteiger partial charge >= 0.3 is 5.63 Å². The Labute approximate surface area is 244 Å². The molecule has 43 heavy (non-hydrogen) atoms. The molecule has 0 bridgehead atoms. The molecule has 0 atom stereocenters. The lowest BCUT2D eigenvalue weighted by Crippen LogP contribution is -2.38. The van der Waals surface area contributed by atoms with Gasteiger partial charge < -0.3 is 24.1 Å². The topological polar surface area (TPSA) is 107 Å². The van der Waals surface area contributed by atoms with Gasteiger partial charge in [-0.2, -0.15) is 0 Å². The van der Waals surface area contributed by atoms with Crippen molar-refractivity contribution in [2.45, 2.75) is 13.5 Å². The molecule has 1 saturated heterocycles. The number of halogens is 2. The van der Waals surface area contributed by atoms with Gasteiger partial charge in [0.15, 0.2) is 5.78 Å². The van der Waals surface area contributed by atoms with E-state index in [9.17, 15) is 18.4 Å². The van der Waals surface area contributed by atoms with Gasteiger partial charge in [-0.3, -0.25) is 4.79 Å². The number of nitrogens with one attached hydrogen (secondary N) is 1. The molecule has 0 unspecified atom stereocenters. The number of fused-ring (bicyclic) bond motifs is 1. The first-order chi connectivity index (χ1) is 20.9. The molecule has 0 spiro atoms. The Bertz CT molecular complexity index is 1890. The lowest BCUT2D eigenvalue weighted by Gasteiger charge is -2.30. The Morgan fingerprint density at radius 1 is 1.05 bits per heavy atom. The first kappa shape index (κ1) is 28.0. The first-order valence-corrected chi connectivity index (χ1v) is 13.6. The number of benzene rings is 3. The van der Waals surface area contributed by atoms with Gasteiger partial charge in [0.25, 0.3) is 0 Å². The van der Waals surface area contributed by atoms with Crippen LogP contribution in [0.15, 0.2) is 82.1 Å².